The molecule has 0 saturated heterocycles. The monoisotopic (exact) mass is 934 g/mol. The molecular formula is C28H14F24O8. The third-order valence-electron chi connectivity index (χ3n) is 6.56. The number of rotatable bonds is 17. The van der Waals surface area contributed by atoms with Gasteiger partial charge in [0.1, 0.15) is 11.5 Å². The molecule has 0 bridgehead atoms. The molecule has 2 aromatic carbocycles. The molecule has 60 heavy (non-hydrogen) atoms. The summed E-state index contributed by atoms with van der Waals surface area (Å²) in [5, 5.41) is 0. The Balaban J connectivity index is 2.59. The maximum Gasteiger partial charge on any atom is 0.458 e. The fourth-order valence-corrected chi connectivity index (χ4v) is 3.75. The van der Waals surface area contributed by atoms with E-state index in [4.69, 9.17) is 0 Å². The van der Waals surface area contributed by atoms with E-state index in [0.29, 0.717) is 13.8 Å². The molecular weight excluding hydrogens is 920 g/mol. The maximum atomic E-state index is 14.7. The average Bonchev–Trinajstić information content (AvgIpc) is 3.02. The Hall–Kier alpha value is -4.46. The normalized spacial score (nSPS) is 16.5. The highest BCUT2D eigenvalue weighted by Crippen LogP contribution is 2.59. The Kier molecular flexibility index (Phi) is 13.6. The van der Waals surface area contributed by atoms with Crippen molar-refractivity contribution in [3.8, 4) is 11.5 Å². The molecule has 2 unspecified atom stereocenters. The number of halogens is 24. The van der Waals surface area contributed by atoms with Gasteiger partial charge in [-0.1, -0.05) is 0 Å². The van der Waals surface area contributed by atoms with Gasteiger partial charge in [-0.2, -0.15) is 105 Å². The van der Waals surface area contributed by atoms with Crippen LogP contribution < -0.4 is 9.47 Å². The number of carbonyl (C=O) groups is 2. The highest BCUT2D eigenvalue weighted by Gasteiger charge is 2.86. The van der Waals surface area contributed by atoms with Gasteiger partial charge >= 0.3 is 84.5 Å². The van der Waals surface area contributed by atoms with Crippen molar-refractivity contribution in [2.24, 2.45) is 0 Å². The Morgan fingerprint density at radius 3 is 0.783 bits per heavy atom. The second-order valence-electron chi connectivity index (χ2n) is 11.1. The Bertz CT molecular complexity index is 1710. The fourth-order valence-electron chi connectivity index (χ4n) is 3.75. The van der Waals surface area contributed by atoms with Crippen LogP contribution in [0, 0.1) is 0 Å². The van der Waals surface area contributed by atoms with Crippen molar-refractivity contribution in [1.82, 2.24) is 0 Å². The van der Waals surface area contributed by atoms with E-state index < -0.39 is 107 Å². The minimum atomic E-state index is -8.61. The van der Waals surface area contributed by atoms with Crippen LogP contribution in [0.25, 0.3) is 0 Å². The molecule has 0 fully saturated rings. The van der Waals surface area contributed by atoms with Crippen LogP contribution in [0.15, 0.2) is 48.5 Å². The summed E-state index contributed by atoms with van der Waals surface area (Å²) < 4.78 is 354. The molecule has 342 valence electrons. The first-order valence-electron chi connectivity index (χ1n) is 14.3. The van der Waals surface area contributed by atoms with Gasteiger partial charge in [0.25, 0.3) is 0 Å². The summed E-state index contributed by atoms with van der Waals surface area (Å²) in [4.78, 5) is 21.7. The minimum absolute atomic E-state index is 0.152. The summed E-state index contributed by atoms with van der Waals surface area (Å²) >= 11 is 0. The number of carbonyl (C=O) groups excluding carboxylic acids is 2. The van der Waals surface area contributed by atoms with E-state index in [1.54, 1.807) is 9.47 Å². The molecule has 0 radical (unpaired) electrons. The molecule has 0 aromatic heterocycles. The second kappa shape index (κ2) is 15.8. The molecule has 2 rings (SSSR count). The number of esters is 2. The Morgan fingerprint density at radius 1 is 0.350 bits per heavy atom. The molecule has 0 aliphatic carbocycles. The smallest absolute Gasteiger partial charge is 0.427 e. The number of hydrogen-bond donors (Lipinski definition) is 0. The number of ether oxygens (including phenoxy) is 6. The van der Waals surface area contributed by atoms with Gasteiger partial charge < -0.3 is 9.47 Å². The molecule has 0 aliphatic heterocycles. The predicted molar refractivity (Wildman–Crippen MR) is 137 cm³/mol. The van der Waals surface area contributed by atoms with E-state index in [1.165, 1.54) is 9.47 Å². The third-order valence-corrected chi connectivity index (χ3v) is 6.56. The molecule has 2 aromatic rings. The van der Waals surface area contributed by atoms with Gasteiger partial charge in [-0.05, 0) is 48.5 Å². The van der Waals surface area contributed by atoms with Crippen LogP contribution in [0.2, 0.25) is 0 Å². The largest absolute Gasteiger partial charge is 0.458 e. The van der Waals surface area contributed by atoms with Crippen molar-refractivity contribution in [2.75, 3.05) is 0 Å². The summed E-state index contributed by atoms with van der Waals surface area (Å²) in [5.74, 6) is -34.1. The molecule has 0 heterocycles. The second-order valence-corrected chi connectivity index (χ2v) is 11.1. The molecule has 2 atom stereocenters. The van der Waals surface area contributed by atoms with Gasteiger partial charge in [0.2, 0.25) is 0 Å². The summed E-state index contributed by atoms with van der Waals surface area (Å²) in [7, 11) is 0. The van der Waals surface area contributed by atoms with Crippen LogP contribution in [0.1, 0.15) is 25.0 Å². The zero-order chi connectivity index (χ0) is 47.4. The van der Waals surface area contributed by atoms with E-state index in [0.717, 1.165) is 0 Å². The van der Waals surface area contributed by atoms with Gasteiger partial charge in [0, 0.05) is 25.0 Å². The van der Waals surface area contributed by atoms with E-state index >= 15 is 0 Å². The van der Waals surface area contributed by atoms with E-state index in [-0.39, 0.29) is 48.5 Å². The van der Waals surface area contributed by atoms with Crippen LogP contribution in [-0.4, -0.2) is 72.7 Å². The highest BCUT2D eigenvalue weighted by molar-refractivity contribution is 5.69. The summed E-state index contributed by atoms with van der Waals surface area (Å²) in [5.41, 5.74) is -4.70. The lowest BCUT2D eigenvalue weighted by Gasteiger charge is -2.41. The Labute approximate surface area is 313 Å². The molecule has 0 spiro atoms. The van der Waals surface area contributed by atoms with Crippen molar-refractivity contribution in [3.63, 3.8) is 0 Å². The van der Waals surface area contributed by atoms with Crippen LogP contribution >= 0.6 is 0 Å². The maximum absolute atomic E-state index is 14.7. The van der Waals surface area contributed by atoms with Gasteiger partial charge in [0.05, 0.1) is 0 Å². The first-order chi connectivity index (χ1) is 26.4. The molecule has 0 saturated carbocycles. The quantitative estimate of drug-likeness (QED) is 0.0881. The van der Waals surface area contributed by atoms with Crippen molar-refractivity contribution in [2.45, 2.75) is 86.4 Å². The molecule has 0 amide bonds. The lowest BCUT2D eigenvalue weighted by Crippen LogP contribution is -2.68. The van der Waals surface area contributed by atoms with E-state index in [2.05, 4.69) is 9.47 Å². The van der Waals surface area contributed by atoms with Crippen molar-refractivity contribution in [1.29, 1.82) is 0 Å². The lowest BCUT2D eigenvalue weighted by molar-refractivity contribution is -0.590. The van der Waals surface area contributed by atoms with Crippen LogP contribution in [0.5, 0.6) is 11.5 Å². The molecule has 8 nitrogen and oxygen atoms in total. The van der Waals surface area contributed by atoms with Crippen molar-refractivity contribution in [3.05, 3.63) is 59.7 Å². The summed E-state index contributed by atoms with van der Waals surface area (Å²) in [6.45, 7) is 1.34. The molecule has 32 heteroatoms. The number of alkyl halides is 24. The summed E-state index contributed by atoms with van der Waals surface area (Å²) in [6.07, 6.45) is -65.3. The van der Waals surface area contributed by atoms with Gasteiger partial charge in [-0.15, -0.1) is 0 Å². The summed E-state index contributed by atoms with van der Waals surface area (Å²) in [6, 6.07) is -0.528. The average molecular weight is 934 g/mol. The topological polar surface area (TPSA) is 89.5 Å². The first-order valence-corrected chi connectivity index (χ1v) is 14.3. The van der Waals surface area contributed by atoms with Gasteiger partial charge in [0.15, 0.2) is 0 Å². The van der Waals surface area contributed by atoms with Crippen molar-refractivity contribution >= 4 is 11.9 Å². The van der Waals surface area contributed by atoms with Crippen molar-refractivity contribution < 1.29 is 143 Å². The Morgan fingerprint density at radius 2 is 0.583 bits per heavy atom. The molecule has 0 aliphatic rings. The SMILES string of the molecule is CC(=O)Oc1ccc(C(F)(F)C(F)(F)OC(F)(F)C(F)(OC(F)(F)C(F)(F)OC(F)(C(F)(F)F)C(F)(F)OC(F)(F)C(F)(F)c2ccc(OC(C)=O)cc2)C(F)(F)F)cc1. The third kappa shape index (κ3) is 9.84. The standard InChI is InChI=1S/C28H14F24O8/c1-11(53)55-15-7-3-13(4-8-15)17(29,30)23(41,42)59-25(45,46)19(33,21(35,36)37)57-27(49,50)28(51,52)58-20(34,22(38,39)40)26(47,48)60-24(43,44)18(31,32)14-5-9-16(10-6-14)56-12(2)54/h3-10H,1-2H3. The van der Waals surface area contributed by atoms with Gasteiger partial charge in [-0.25, -0.2) is 9.47 Å². The van der Waals surface area contributed by atoms with Crippen LogP contribution in [0.4, 0.5) is 105 Å². The van der Waals surface area contributed by atoms with Gasteiger partial charge in [-0.3, -0.25) is 19.1 Å². The van der Waals surface area contributed by atoms with E-state index in [9.17, 15) is 115 Å². The predicted octanol–water partition coefficient (Wildman–Crippen LogP) is 10.5. The van der Waals surface area contributed by atoms with Crippen LogP contribution in [0.3, 0.4) is 0 Å². The lowest BCUT2D eigenvalue weighted by atomic mass is 10.1. The zero-order valence-corrected chi connectivity index (χ0v) is 28.0. The fraction of sp³-hybridized carbons (Fsp3) is 0.500. The number of hydrogen-bond acceptors (Lipinski definition) is 8. The number of benzene rings is 2. The first kappa shape index (κ1) is 51.7. The zero-order valence-electron chi connectivity index (χ0n) is 28.0. The van der Waals surface area contributed by atoms with E-state index in [1.807, 2.05) is 0 Å². The molecule has 0 N–H and O–H groups in total. The highest BCUT2D eigenvalue weighted by atomic mass is 19.4. The van der Waals surface area contributed by atoms with Crippen LogP contribution in [-0.2, 0) is 40.4 Å². The minimum Gasteiger partial charge on any atom is -0.427 e.